The lowest BCUT2D eigenvalue weighted by Gasteiger charge is -2.25. The maximum absolute atomic E-state index is 14.2. The van der Waals surface area contributed by atoms with Crippen molar-refractivity contribution in [2.24, 2.45) is 5.92 Å². The van der Waals surface area contributed by atoms with Gasteiger partial charge in [-0.05, 0) is 55.9 Å². The summed E-state index contributed by atoms with van der Waals surface area (Å²) in [6, 6.07) is 11.0. The molecule has 0 aliphatic carbocycles. The van der Waals surface area contributed by atoms with Gasteiger partial charge in [-0.2, -0.15) is 0 Å². The fourth-order valence-corrected chi connectivity index (χ4v) is 7.72. The average molecular weight is 732 g/mol. The fraction of sp³-hybridized carbons (Fsp3) is 0.389. The molecule has 2 aromatic carbocycles. The third-order valence-electron chi connectivity index (χ3n) is 8.94. The maximum Gasteiger partial charge on any atom is 0.276 e. The summed E-state index contributed by atoms with van der Waals surface area (Å²) in [5.74, 6) is -2.34. The average Bonchev–Trinajstić information content (AvgIpc) is 3.88. The molecule has 4 bridgehead atoms. The van der Waals surface area contributed by atoms with E-state index in [1.807, 2.05) is 44.2 Å². The summed E-state index contributed by atoms with van der Waals surface area (Å²) >= 11 is 0. The van der Waals surface area contributed by atoms with Crippen LogP contribution in [0.1, 0.15) is 89.6 Å². The Balaban J connectivity index is 1.37. The summed E-state index contributed by atoms with van der Waals surface area (Å²) in [5.41, 5.74) is 1.33. The molecule has 4 N–H and O–H groups in total. The Kier molecular flexibility index (Phi) is 10.6. The number of carbonyl (C=O) groups excluding carboxylic acids is 4. The molecule has 2 aliphatic rings. The molecule has 52 heavy (non-hydrogen) atoms. The monoisotopic (exact) mass is 731 g/mol. The highest BCUT2D eigenvalue weighted by Gasteiger charge is 2.43. The van der Waals surface area contributed by atoms with Gasteiger partial charge in [0.25, 0.3) is 11.8 Å². The Labute approximate surface area is 301 Å². The molecule has 1 saturated heterocycles. The van der Waals surface area contributed by atoms with Gasteiger partial charge in [-0.3, -0.25) is 19.2 Å². The zero-order valence-corrected chi connectivity index (χ0v) is 30.0. The third-order valence-corrected chi connectivity index (χ3v) is 10.5. The third kappa shape index (κ3) is 8.23. The summed E-state index contributed by atoms with van der Waals surface area (Å²) in [4.78, 5) is 65.2. The Morgan fingerprint density at radius 2 is 1.60 bits per heavy atom. The molecule has 0 radical (unpaired) electrons. The van der Waals surface area contributed by atoms with Crippen molar-refractivity contribution in [1.82, 2.24) is 35.5 Å². The number of nitrogens with zero attached hydrogens (tertiary/aromatic N) is 3. The number of nitrogens with one attached hydrogen (secondary N) is 4. The summed E-state index contributed by atoms with van der Waals surface area (Å²) in [6.07, 6.45) is 2.75. The van der Waals surface area contributed by atoms with Crippen molar-refractivity contribution in [1.29, 1.82) is 0 Å². The number of hydrogen-bond acceptors (Lipinski definition) is 10. The first-order valence-corrected chi connectivity index (χ1v) is 18.5. The van der Waals surface area contributed by atoms with Crippen LogP contribution in [-0.4, -0.2) is 71.6 Å². The van der Waals surface area contributed by atoms with Gasteiger partial charge in [0.05, 0.1) is 4.90 Å². The van der Waals surface area contributed by atoms with E-state index in [1.54, 1.807) is 26.0 Å². The second kappa shape index (κ2) is 15.1. The number of oxazole rings is 2. The first-order chi connectivity index (χ1) is 24.8. The number of amides is 4. The van der Waals surface area contributed by atoms with Gasteiger partial charge >= 0.3 is 0 Å². The summed E-state index contributed by atoms with van der Waals surface area (Å²) in [5, 5.41) is 8.47. The molecule has 6 rings (SSSR count). The predicted molar refractivity (Wildman–Crippen MR) is 186 cm³/mol. The van der Waals surface area contributed by atoms with Crippen molar-refractivity contribution in [3.8, 4) is 0 Å². The fourth-order valence-electron chi connectivity index (χ4n) is 6.38. The second-order valence-electron chi connectivity index (χ2n) is 13.6. The van der Waals surface area contributed by atoms with Crippen LogP contribution in [0.25, 0.3) is 0 Å². The van der Waals surface area contributed by atoms with Crippen LogP contribution in [0.15, 0.2) is 80.9 Å². The highest BCUT2D eigenvalue weighted by atomic mass is 32.2. The maximum atomic E-state index is 14.2. The SMILES string of the molecule is Cc1cccc(S(=O)(=O)N[C@H]2C[C@H]3C(=O)N[C@@H](Cc4ccccc4)c4nc(co4)C(=O)N[C@H](CC(C)C)C(=O)N[C@H](C)c4nc(co4)C(=O)N3C2)c1. The molecule has 274 valence electrons. The Bertz CT molecular complexity index is 2060. The largest absolute Gasteiger partial charge is 0.446 e. The molecule has 2 aliphatic heterocycles. The van der Waals surface area contributed by atoms with Gasteiger partial charge in [-0.15, -0.1) is 0 Å². The molecular weight excluding hydrogens is 691 g/mol. The Morgan fingerprint density at radius 3 is 2.33 bits per heavy atom. The molecule has 0 spiro atoms. The minimum Gasteiger partial charge on any atom is -0.446 e. The van der Waals surface area contributed by atoms with Crippen LogP contribution in [0, 0.1) is 12.8 Å². The Morgan fingerprint density at radius 1 is 0.885 bits per heavy atom. The normalized spacial score (nSPS) is 23.0. The van der Waals surface area contributed by atoms with Crippen molar-refractivity contribution in [2.75, 3.05) is 6.54 Å². The quantitative estimate of drug-likeness (QED) is 0.219. The van der Waals surface area contributed by atoms with Crippen molar-refractivity contribution >= 4 is 33.7 Å². The summed E-state index contributed by atoms with van der Waals surface area (Å²) in [7, 11) is -4.02. The van der Waals surface area contributed by atoms with Crippen molar-refractivity contribution < 1.29 is 36.4 Å². The summed E-state index contributed by atoms with van der Waals surface area (Å²) < 4.78 is 40.8. The van der Waals surface area contributed by atoms with E-state index in [0.29, 0.717) is 6.42 Å². The van der Waals surface area contributed by atoms with E-state index in [1.165, 1.54) is 17.0 Å². The van der Waals surface area contributed by atoms with E-state index in [9.17, 15) is 27.6 Å². The number of sulfonamides is 1. The van der Waals surface area contributed by atoms with Crippen LogP contribution in [-0.2, 0) is 26.0 Å². The van der Waals surface area contributed by atoms with Crippen LogP contribution in [0.4, 0.5) is 0 Å². The van der Waals surface area contributed by atoms with Gasteiger partial charge in [-0.25, -0.2) is 23.1 Å². The Hall–Kier alpha value is -5.35. The zero-order valence-electron chi connectivity index (χ0n) is 29.2. The van der Waals surface area contributed by atoms with Crippen LogP contribution in [0.2, 0.25) is 0 Å². The van der Waals surface area contributed by atoms with Crippen molar-refractivity contribution in [3.63, 3.8) is 0 Å². The predicted octanol–water partition coefficient (Wildman–Crippen LogP) is 2.97. The van der Waals surface area contributed by atoms with Gasteiger partial charge in [0.2, 0.25) is 33.6 Å². The van der Waals surface area contributed by atoms with E-state index in [4.69, 9.17) is 8.83 Å². The number of hydrogen-bond donors (Lipinski definition) is 4. The lowest BCUT2D eigenvalue weighted by Crippen LogP contribution is -2.48. The van der Waals surface area contributed by atoms with Gasteiger partial charge in [0, 0.05) is 19.0 Å². The molecule has 0 saturated carbocycles. The number of carbonyl (C=O) groups is 4. The van der Waals surface area contributed by atoms with Crippen LogP contribution < -0.4 is 20.7 Å². The molecule has 5 atom stereocenters. The smallest absolute Gasteiger partial charge is 0.276 e. The van der Waals surface area contributed by atoms with Crippen LogP contribution >= 0.6 is 0 Å². The number of benzene rings is 2. The highest BCUT2D eigenvalue weighted by Crippen LogP contribution is 2.26. The molecule has 4 amide bonds. The zero-order chi connectivity index (χ0) is 37.2. The van der Waals surface area contributed by atoms with E-state index in [2.05, 4.69) is 30.6 Å². The number of rotatable bonds is 7. The molecule has 4 heterocycles. The first-order valence-electron chi connectivity index (χ1n) is 17.0. The van der Waals surface area contributed by atoms with Gasteiger partial charge < -0.3 is 29.7 Å². The molecule has 1 fully saturated rings. The number of aromatic nitrogens is 2. The highest BCUT2D eigenvalue weighted by molar-refractivity contribution is 7.89. The lowest BCUT2D eigenvalue weighted by molar-refractivity contribution is -0.126. The molecular formula is C36H41N7O8S. The van der Waals surface area contributed by atoms with Gasteiger partial charge in [-0.1, -0.05) is 56.3 Å². The second-order valence-corrected chi connectivity index (χ2v) is 15.3. The minimum absolute atomic E-state index is 0.0217. The van der Waals surface area contributed by atoms with Crippen LogP contribution in [0.3, 0.4) is 0 Å². The standard InChI is InChI=1S/C36H41N7O8S/c1-20(2)13-26-31(44)37-22(4)34-41-29(19-50-34)36(47)43-17-24(42-52(48,49)25-12-8-9-21(3)14-25)16-30(43)33(46)39-27(15-23-10-6-5-7-11-23)35-40-28(18-51-35)32(45)38-26/h5-12,14,18-20,22,24,26-27,30,42H,13,15-17H2,1-4H3,(H,37,44)(H,38,45)(H,39,46)/t22-,24+,26-,27+,30+/m1/s1. The molecule has 15 nitrogen and oxygen atoms in total. The molecule has 0 unspecified atom stereocenters. The van der Waals surface area contributed by atoms with Crippen molar-refractivity contribution in [2.45, 2.75) is 82.1 Å². The topological polar surface area (TPSA) is 206 Å². The van der Waals surface area contributed by atoms with Gasteiger partial charge in [0.15, 0.2) is 11.4 Å². The molecule has 16 heteroatoms. The molecule has 4 aromatic rings. The van der Waals surface area contributed by atoms with E-state index >= 15 is 0 Å². The minimum atomic E-state index is -4.02. The number of aryl methyl sites for hydroxylation is 1. The van der Waals surface area contributed by atoms with E-state index < -0.39 is 63.9 Å². The van der Waals surface area contributed by atoms with Crippen LogP contribution in [0.5, 0.6) is 0 Å². The first kappa shape index (κ1) is 36.4. The van der Waals surface area contributed by atoms with Gasteiger partial charge in [0.1, 0.15) is 36.7 Å². The number of fused-ring (bicyclic) bond motifs is 5. The summed E-state index contributed by atoms with van der Waals surface area (Å²) in [6.45, 7) is 7.06. The lowest BCUT2D eigenvalue weighted by atomic mass is 10.0. The van der Waals surface area contributed by atoms with E-state index in [0.717, 1.165) is 23.7 Å². The molecule has 2 aromatic heterocycles. The van der Waals surface area contributed by atoms with Crippen molar-refractivity contribution in [3.05, 3.63) is 101 Å². The van der Waals surface area contributed by atoms with E-state index in [-0.39, 0.29) is 53.4 Å².